The summed E-state index contributed by atoms with van der Waals surface area (Å²) in [5, 5.41) is 3.39. The standard InChI is InChI=1S/C24H19N3O3/c25-27-26-22-16-21(30-23(22)28)17-29-24(18-10-4-1-5-11-18,19-12-6-2-7-13-19)20-14-8-3-9-15-20/h1-16,21H,17H2/t21-/m0/s1. The zero-order chi connectivity index (χ0) is 20.8. The zero-order valence-electron chi connectivity index (χ0n) is 16.1. The van der Waals surface area contributed by atoms with Gasteiger partial charge in [0.1, 0.15) is 17.4 Å². The van der Waals surface area contributed by atoms with Crippen molar-refractivity contribution in [3.05, 3.63) is 130 Å². The van der Waals surface area contributed by atoms with Crippen molar-refractivity contribution in [3.63, 3.8) is 0 Å². The molecule has 1 aliphatic heterocycles. The van der Waals surface area contributed by atoms with Crippen LogP contribution in [0, 0.1) is 0 Å². The Bertz CT molecular complexity index is 996. The first-order valence-electron chi connectivity index (χ1n) is 9.52. The van der Waals surface area contributed by atoms with E-state index in [2.05, 4.69) is 10.0 Å². The molecule has 148 valence electrons. The van der Waals surface area contributed by atoms with Crippen molar-refractivity contribution in [2.75, 3.05) is 6.61 Å². The molecule has 0 bridgehead atoms. The van der Waals surface area contributed by atoms with Crippen LogP contribution in [-0.2, 0) is 19.9 Å². The Kier molecular flexibility index (Phi) is 5.61. The predicted molar refractivity (Wildman–Crippen MR) is 112 cm³/mol. The van der Waals surface area contributed by atoms with Gasteiger partial charge in [0.2, 0.25) is 0 Å². The Hall–Kier alpha value is -3.86. The van der Waals surface area contributed by atoms with E-state index in [1.165, 1.54) is 6.08 Å². The van der Waals surface area contributed by atoms with E-state index in [4.69, 9.17) is 15.0 Å². The van der Waals surface area contributed by atoms with Crippen molar-refractivity contribution < 1.29 is 14.3 Å². The largest absolute Gasteiger partial charge is 0.452 e. The SMILES string of the molecule is [N-]=[N+]=NC1=C[C@@H](COC(c2ccccc2)(c2ccccc2)c2ccccc2)OC1=O. The van der Waals surface area contributed by atoms with Gasteiger partial charge in [-0.1, -0.05) is 96.1 Å². The van der Waals surface area contributed by atoms with Gasteiger partial charge in [-0.15, -0.1) is 0 Å². The van der Waals surface area contributed by atoms with Crippen LogP contribution in [0.25, 0.3) is 10.4 Å². The van der Waals surface area contributed by atoms with Crippen LogP contribution in [0.4, 0.5) is 0 Å². The van der Waals surface area contributed by atoms with Crippen LogP contribution in [0.3, 0.4) is 0 Å². The molecule has 6 heteroatoms. The van der Waals surface area contributed by atoms with E-state index < -0.39 is 17.7 Å². The summed E-state index contributed by atoms with van der Waals surface area (Å²) in [4.78, 5) is 14.6. The van der Waals surface area contributed by atoms with Gasteiger partial charge in [0, 0.05) is 4.91 Å². The van der Waals surface area contributed by atoms with E-state index in [0.717, 1.165) is 16.7 Å². The molecule has 3 aromatic carbocycles. The normalized spacial score (nSPS) is 15.8. The monoisotopic (exact) mass is 397 g/mol. The number of esters is 1. The van der Waals surface area contributed by atoms with Crippen LogP contribution < -0.4 is 0 Å². The maximum Gasteiger partial charge on any atom is 0.340 e. The van der Waals surface area contributed by atoms with Gasteiger partial charge < -0.3 is 9.47 Å². The Morgan fingerprint density at radius 2 is 1.33 bits per heavy atom. The zero-order valence-corrected chi connectivity index (χ0v) is 16.1. The number of hydrogen-bond acceptors (Lipinski definition) is 4. The minimum atomic E-state index is -0.911. The minimum absolute atomic E-state index is 0.0455. The van der Waals surface area contributed by atoms with Crippen molar-refractivity contribution >= 4 is 5.97 Å². The summed E-state index contributed by atoms with van der Waals surface area (Å²) in [5.41, 5.74) is 10.5. The molecule has 0 saturated carbocycles. The van der Waals surface area contributed by atoms with E-state index in [1.54, 1.807) is 0 Å². The molecule has 0 aliphatic carbocycles. The topological polar surface area (TPSA) is 84.3 Å². The van der Waals surface area contributed by atoms with E-state index >= 15 is 0 Å². The van der Waals surface area contributed by atoms with E-state index in [0.29, 0.717) is 0 Å². The van der Waals surface area contributed by atoms with Crippen LogP contribution in [0.1, 0.15) is 16.7 Å². The van der Waals surface area contributed by atoms with Gasteiger partial charge in [-0.2, -0.15) is 0 Å². The lowest BCUT2D eigenvalue weighted by Gasteiger charge is -2.36. The molecule has 3 aromatic rings. The summed E-state index contributed by atoms with van der Waals surface area (Å²) < 4.78 is 11.9. The summed E-state index contributed by atoms with van der Waals surface area (Å²) in [7, 11) is 0. The molecule has 0 radical (unpaired) electrons. The van der Waals surface area contributed by atoms with Crippen molar-refractivity contribution in [3.8, 4) is 0 Å². The Morgan fingerprint density at radius 3 is 1.77 bits per heavy atom. The fourth-order valence-corrected chi connectivity index (χ4v) is 3.66. The molecular formula is C24H19N3O3. The van der Waals surface area contributed by atoms with Crippen molar-refractivity contribution in [2.45, 2.75) is 11.7 Å². The average Bonchev–Trinajstić information content (AvgIpc) is 3.16. The molecule has 0 N–H and O–H groups in total. The average molecular weight is 397 g/mol. The second-order valence-corrected chi connectivity index (χ2v) is 6.78. The number of cyclic esters (lactones) is 1. The first-order chi connectivity index (χ1) is 14.7. The van der Waals surface area contributed by atoms with Crippen LogP contribution in [-0.4, -0.2) is 18.7 Å². The van der Waals surface area contributed by atoms with Gasteiger partial charge in [0.05, 0.1) is 6.61 Å². The maximum absolute atomic E-state index is 11.9. The van der Waals surface area contributed by atoms with Gasteiger partial charge in [0.25, 0.3) is 0 Å². The number of nitrogens with zero attached hydrogens (tertiary/aromatic N) is 3. The molecule has 6 nitrogen and oxygen atoms in total. The summed E-state index contributed by atoms with van der Waals surface area (Å²) in [5.74, 6) is -0.647. The lowest BCUT2D eigenvalue weighted by atomic mass is 9.80. The lowest BCUT2D eigenvalue weighted by Crippen LogP contribution is -2.35. The number of benzene rings is 3. The molecule has 0 aromatic heterocycles. The van der Waals surface area contributed by atoms with Gasteiger partial charge >= 0.3 is 5.97 Å². The Morgan fingerprint density at radius 1 is 0.867 bits per heavy atom. The van der Waals surface area contributed by atoms with Crippen LogP contribution in [0.15, 0.2) is 108 Å². The van der Waals surface area contributed by atoms with E-state index in [1.807, 2.05) is 91.0 Å². The number of ether oxygens (including phenoxy) is 2. The van der Waals surface area contributed by atoms with Gasteiger partial charge in [-0.25, -0.2) is 4.79 Å². The fourth-order valence-electron chi connectivity index (χ4n) is 3.66. The first kappa shape index (κ1) is 19.5. The molecule has 30 heavy (non-hydrogen) atoms. The summed E-state index contributed by atoms with van der Waals surface area (Å²) in [6.07, 6.45) is 0.849. The predicted octanol–water partition coefficient (Wildman–Crippen LogP) is 5.11. The molecule has 1 heterocycles. The quantitative estimate of drug-likeness (QED) is 0.182. The Labute approximate surface area is 174 Å². The second-order valence-electron chi connectivity index (χ2n) is 6.78. The molecule has 0 amide bonds. The number of hydrogen-bond donors (Lipinski definition) is 0. The van der Waals surface area contributed by atoms with Crippen LogP contribution in [0.2, 0.25) is 0 Å². The van der Waals surface area contributed by atoms with Gasteiger partial charge in [0.15, 0.2) is 0 Å². The molecule has 1 atom stereocenters. The number of rotatable bonds is 7. The maximum atomic E-state index is 11.9. The first-order valence-corrected chi connectivity index (χ1v) is 9.52. The number of azide groups is 1. The van der Waals surface area contributed by atoms with Crippen LogP contribution >= 0.6 is 0 Å². The molecular weight excluding hydrogens is 378 g/mol. The second kappa shape index (κ2) is 8.66. The number of carbonyl (C=O) groups excluding carboxylic acids is 1. The minimum Gasteiger partial charge on any atom is -0.452 e. The van der Waals surface area contributed by atoms with E-state index in [9.17, 15) is 4.79 Å². The highest BCUT2D eigenvalue weighted by molar-refractivity contribution is 5.90. The van der Waals surface area contributed by atoms with Crippen LogP contribution in [0.5, 0.6) is 0 Å². The van der Waals surface area contributed by atoms with E-state index in [-0.39, 0.29) is 12.3 Å². The van der Waals surface area contributed by atoms with Gasteiger partial charge in [-0.3, -0.25) is 0 Å². The molecule has 0 fully saturated rings. The number of carbonyl (C=O) groups is 1. The Balaban J connectivity index is 1.80. The van der Waals surface area contributed by atoms with Gasteiger partial charge in [-0.05, 0) is 28.3 Å². The summed E-state index contributed by atoms with van der Waals surface area (Å²) in [6.45, 7) is 0.0921. The molecule has 4 rings (SSSR count). The third-order valence-corrected chi connectivity index (χ3v) is 4.97. The van der Waals surface area contributed by atoms with Crippen molar-refractivity contribution in [2.24, 2.45) is 5.11 Å². The highest BCUT2D eigenvalue weighted by Crippen LogP contribution is 2.40. The van der Waals surface area contributed by atoms with Crippen molar-refractivity contribution in [1.29, 1.82) is 0 Å². The smallest absolute Gasteiger partial charge is 0.340 e. The molecule has 1 aliphatic rings. The third kappa shape index (κ3) is 3.70. The molecule has 0 saturated heterocycles. The molecule has 0 spiro atoms. The highest BCUT2D eigenvalue weighted by Gasteiger charge is 2.39. The summed E-state index contributed by atoms with van der Waals surface area (Å²) in [6, 6.07) is 29.8. The molecule has 0 unspecified atom stereocenters. The highest BCUT2D eigenvalue weighted by atomic mass is 16.6. The fraction of sp³-hybridized carbons (Fsp3) is 0.125. The lowest BCUT2D eigenvalue weighted by molar-refractivity contribution is -0.143. The third-order valence-electron chi connectivity index (χ3n) is 4.97. The summed E-state index contributed by atoms with van der Waals surface area (Å²) >= 11 is 0. The van der Waals surface area contributed by atoms with Crippen molar-refractivity contribution in [1.82, 2.24) is 0 Å².